The minimum Gasteiger partial charge on any atom is -0.304 e. The summed E-state index contributed by atoms with van der Waals surface area (Å²) < 4.78 is 27.0. The first kappa shape index (κ1) is 14.7. The maximum absolute atomic E-state index is 13.7. The molecule has 0 fully saturated rings. The van der Waals surface area contributed by atoms with Crippen LogP contribution in [0.4, 0.5) is 8.78 Å². The van der Waals surface area contributed by atoms with Gasteiger partial charge in [0.25, 0.3) is 0 Å². The van der Waals surface area contributed by atoms with E-state index in [4.69, 9.17) is 0 Å². The smallest absolute Gasteiger partial charge is 0.163 e. The minimum absolute atomic E-state index is 0.0632. The van der Waals surface area contributed by atoms with Crippen molar-refractivity contribution in [1.82, 2.24) is 5.32 Å². The molecule has 0 spiro atoms. The molecule has 2 aromatic rings. The van der Waals surface area contributed by atoms with Crippen molar-refractivity contribution in [3.05, 3.63) is 70.8 Å². The third-order valence-corrected chi connectivity index (χ3v) is 3.53. The molecule has 1 N–H and O–H groups in total. The molecule has 1 nitrogen and oxygen atoms in total. The van der Waals surface area contributed by atoms with Crippen LogP contribution in [0.15, 0.2) is 42.5 Å². The number of aryl methyl sites for hydroxylation is 1. The van der Waals surface area contributed by atoms with Crippen molar-refractivity contribution >= 4 is 0 Å². The summed E-state index contributed by atoms with van der Waals surface area (Å²) in [6, 6.07) is 12.2. The first-order chi connectivity index (χ1) is 9.49. The minimum atomic E-state index is -0.806. The molecule has 0 heterocycles. The summed E-state index contributed by atoms with van der Waals surface area (Å²) >= 11 is 0. The lowest BCUT2D eigenvalue weighted by Gasteiger charge is -2.21. The molecular formula is C17H19F2N. The van der Waals surface area contributed by atoms with E-state index in [1.165, 1.54) is 11.6 Å². The van der Waals surface area contributed by atoms with E-state index < -0.39 is 11.6 Å². The van der Waals surface area contributed by atoms with Crippen LogP contribution in [0.2, 0.25) is 0 Å². The van der Waals surface area contributed by atoms with Gasteiger partial charge in [-0.05, 0) is 32.4 Å². The van der Waals surface area contributed by atoms with E-state index in [2.05, 4.69) is 5.32 Å². The van der Waals surface area contributed by atoms with Crippen molar-refractivity contribution in [3.63, 3.8) is 0 Å². The van der Waals surface area contributed by atoms with Gasteiger partial charge in [-0.2, -0.15) is 0 Å². The molecule has 3 heteroatoms. The molecule has 0 aliphatic rings. The van der Waals surface area contributed by atoms with Crippen LogP contribution >= 0.6 is 0 Å². The number of nitrogens with one attached hydrogen (secondary N) is 1. The first-order valence-corrected chi connectivity index (χ1v) is 6.75. The molecule has 0 amide bonds. The van der Waals surface area contributed by atoms with Crippen molar-refractivity contribution in [1.29, 1.82) is 0 Å². The molecule has 0 bridgehead atoms. The van der Waals surface area contributed by atoms with Gasteiger partial charge in [-0.15, -0.1) is 0 Å². The Hall–Kier alpha value is -1.74. The van der Waals surface area contributed by atoms with E-state index in [1.54, 1.807) is 6.07 Å². The molecule has 2 atom stereocenters. The van der Waals surface area contributed by atoms with E-state index in [9.17, 15) is 8.78 Å². The van der Waals surface area contributed by atoms with Crippen LogP contribution in [0, 0.1) is 18.6 Å². The van der Waals surface area contributed by atoms with Crippen LogP contribution in [0.5, 0.6) is 0 Å². The van der Waals surface area contributed by atoms with Gasteiger partial charge in [0, 0.05) is 17.6 Å². The largest absolute Gasteiger partial charge is 0.304 e. The molecular weight excluding hydrogens is 256 g/mol. The Balaban J connectivity index is 2.13. The zero-order chi connectivity index (χ0) is 14.7. The van der Waals surface area contributed by atoms with Gasteiger partial charge >= 0.3 is 0 Å². The zero-order valence-corrected chi connectivity index (χ0v) is 12.0. The van der Waals surface area contributed by atoms with Gasteiger partial charge in [-0.25, -0.2) is 8.78 Å². The van der Waals surface area contributed by atoms with Crippen molar-refractivity contribution in [2.45, 2.75) is 32.9 Å². The van der Waals surface area contributed by atoms with Gasteiger partial charge in [-0.3, -0.25) is 0 Å². The molecule has 0 aliphatic carbocycles. The quantitative estimate of drug-likeness (QED) is 0.854. The second-order valence-electron chi connectivity index (χ2n) is 5.16. The maximum Gasteiger partial charge on any atom is 0.163 e. The number of halogens is 2. The highest BCUT2D eigenvalue weighted by Crippen LogP contribution is 2.23. The average Bonchev–Trinajstić information content (AvgIpc) is 2.42. The molecule has 106 valence electrons. The van der Waals surface area contributed by atoms with E-state index in [0.717, 1.165) is 11.6 Å². The summed E-state index contributed by atoms with van der Waals surface area (Å²) in [7, 11) is 0. The Morgan fingerprint density at radius 3 is 2.20 bits per heavy atom. The Labute approximate surface area is 118 Å². The van der Waals surface area contributed by atoms with Gasteiger partial charge in [0.05, 0.1) is 0 Å². The summed E-state index contributed by atoms with van der Waals surface area (Å²) in [5, 5.41) is 3.29. The predicted molar refractivity (Wildman–Crippen MR) is 77.5 cm³/mol. The van der Waals surface area contributed by atoms with Crippen LogP contribution in [-0.2, 0) is 0 Å². The molecule has 20 heavy (non-hydrogen) atoms. The lowest BCUT2D eigenvalue weighted by Crippen LogP contribution is -2.23. The van der Waals surface area contributed by atoms with Gasteiger partial charge in [0.15, 0.2) is 11.6 Å². The fraction of sp³-hybridized carbons (Fsp3) is 0.294. The molecule has 0 aromatic heterocycles. The summed E-state index contributed by atoms with van der Waals surface area (Å²) in [4.78, 5) is 0. The first-order valence-electron chi connectivity index (χ1n) is 6.75. The standard InChI is InChI=1S/C17H19F2N/c1-11-7-9-14(10-8-11)12(2)20-13(3)15-5-4-6-16(18)17(15)19/h4-10,12-13,20H,1-3H3/t12-,13?/m1/s1. The van der Waals surface area contributed by atoms with Gasteiger partial charge < -0.3 is 5.32 Å². The maximum atomic E-state index is 13.7. The lowest BCUT2D eigenvalue weighted by atomic mass is 10.0. The van der Waals surface area contributed by atoms with Crippen LogP contribution in [0.25, 0.3) is 0 Å². The monoisotopic (exact) mass is 275 g/mol. The molecule has 2 rings (SSSR count). The van der Waals surface area contributed by atoms with Crippen LogP contribution in [0.3, 0.4) is 0 Å². The summed E-state index contributed by atoms with van der Waals surface area (Å²) in [5.41, 5.74) is 2.67. The van der Waals surface area contributed by atoms with Crippen LogP contribution < -0.4 is 5.32 Å². The second-order valence-corrected chi connectivity index (χ2v) is 5.16. The van der Waals surface area contributed by atoms with Crippen molar-refractivity contribution in [2.75, 3.05) is 0 Å². The van der Waals surface area contributed by atoms with Gasteiger partial charge in [-0.1, -0.05) is 42.0 Å². The Kier molecular flexibility index (Phi) is 4.50. The number of hydrogen-bond donors (Lipinski definition) is 1. The average molecular weight is 275 g/mol. The predicted octanol–water partition coefficient (Wildman–Crippen LogP) is 4.69. The van der Waals surface area contributed by atoms with E-state index in [1.807, 2.05) is 45.0 Å². The molecule has 0 radical (unpaired) electrons. The molecule has 0 aliphatic heterocycles. The van der Waals surface area contributed by atoms with Gasteiger partial charge in [0.2, 0.25) is 0 Å². The van der Waals surface area contributed by atoms with Crippen molar-refractivity contribution in [2.24, 2.45) is 0 Å². The third kappa shape index (κ3) is 3.23. The zero-order valence-electron chi connectivity index (χ0n) is 12.0. The van der Waals surface area contributed by atoms with Crippen molar-refractivity contribution in [3.8, 4) is 0 Å². The summed E-state index contributed by atoms with van der Waals surface area (Å²) in [6.07, 6.45) is 0. The number of benzene rings is 2. The number of hydrogen-bond acceptors (Lipinski definition) is 1. The number of rotatable bonds is 4. The van der Waals surface area contributed by atoms with E-state index in [-0.39, 0.29) is 12.1 Å². The second kappa shape index (κ2) is 6.14. The Morgan fingerprint density at radius 2 is 1.55 bits per heavy atom. The Morgan fingerprint density at radius 1 is 0.900 bits per heavy atom. The molecule has 1 unspecified atom stereocenters. The summed E-state index contributed by atoms with van der Waals surface area (Å²) in [6.45, 7) is 5.88. The summed E-state index contributed by atoms with van der Waals surface area (Å²) in [5.74, 6) is -1.58. The topological polar surface area (TPSA) is 12.0 Å². The molecule has 0 saturated carbocycles. The highest BCUT2D eigenvalue weighted by Gasteiger charge is 2.16. The highest BCUT2D eigenvalue weighted by molar-refractivity contribution is 5.25. The van der Waals surface area contributed by atoms with Crippen LogP contribution in [0.1, 0.15) is 42.6 Å². The van der Waals surface area contributed by atoms with Crippen LogP contribution in [-0.4, -0.2) is 0 Å². The fourth-order valence-electron chi connectivity index (χ4n) is 2.27. The Bertz CT molecular complexity index is 578. The highest BCUT2D eigenvalue weighted by atomic mass is 19.2. The van der Waals surface area contributed by atoms with Gasteiger partial charge in [0.1, 0.15) is 0 Å². The fourth-order valence-corrected chi connectivity index (χ4v) is 2.27. The normalized spacial score (nSPS) is 14.1. The van der Waals surface area contributed by atoms with E-state index in [0.29, 0.717) is 5.56 Å². The third-order valence-electron chi connectivity index (χ3n) is 3.53. The molecule has 2 aromatic carbocycles. The van der Waals surface area contributed by atoms with Crippen molar-refractivity contribution < 1.29 is 8.78 Å². The molecule has 0 saturated heterocycles. The SMILES string of the molecule is Cc1ccc([C@@H](C)NC(C)c2cccc(F)c2F)cc1. The lowest BCUT2D eigenvalue weighted by molar-refractivity contribution is 0.449. The van der Waals surface area contributed by atoms with E-state index >= 15 is 0 Å².